The van der Waals surface area contributed by atoms with Gasteiger partial charge in [0, 0.05) is 6.54 Å². The highest BCUT2D eigenvalue weighted by Gasteiger charge is 2.12. The van der Waals surface area contributed by atoms with E-state index in [-0.39, 0.29) is 13.2 Å². The number of nitrogens with one attached hydrogen (secondary N) is 2. The first-order chi connectivity index (χ1) is 8.62. The summed E-state index contributed by atoms with van der Waals surface area (Å²) in [6.45, 7) is 2.35. The van der Waals surface area contributed by atoms with Crippen LogP contribution in [0.15, 0.2) is 6.07 Å². The number of aliphatic hydroxyl groups is 2. The van der Waals surface area contributed by atoms with E-state index in [2.05, 4.69) is 15.6 Å². The lowest BCUT2D eigenvalue weighted by molar-refractivity contribution is 0.203. The molecule has 0 aliphatic carbocycles. The maximum Gasteiger partial charge on any atom is 0.147 e. The van der Waals surface area contributed by atoms with Gasteiger partial charge in [-0.05, 0) is 12.5 Å². The highest BCUT2D eigenvalue weighted by molar-refractivity contribution is 6.37. The van der Waals surface area contributed by atoms with E-state index < -0.39 is 6.04 Å². The zero-order valence-electron chi connectivity index (χ0n) is 10.1. The summed E-state index contributed by atoms with van der Waals surface area (Å²) in [5.74, 6) is 0.910. The lowest BCUT2D eigenvalue weighted by atomic mass is 10.3. The van der Waals surface area contributed by atoms with Crippen molar-refractivity contribution in [3.63, 3.8) is 0 Å². The third kappa shape index (κ3) is 4.17. The number of nitrogens with zero attached hydrogens (tertiary/aromatic N) is 1. The molecule has 1 aromatic heterocycles. The fourth-order valence-corrected chi connectivity index (χ4v) is 1.76. The lowest BCUT2D eigenvalue weighted by Crippen LogP contribution is -2.28. The molecule has 0 bridgehead atoms. The third-order valence-electron chi connectivity index (χ3n) is 2.25. The monoisotopic (exact) mass is 293 g/mol. The van der Waals surface area contributed by atoms with Crippen molar-refractivity contribution in [2.45, 2.75) is 19.4 Å². The summed E-state index contributed by atoms with van der Waals surface area (Å²) in [6, 6.07) is 1.07. The predicted molar refractivity (Wildman–Crippen MR) is 74.6 cm³/mol. The van der Waals surface area contributed by atoms with E-state index in [9.17, 15) is 0 Å². The van der Waals surface area contributed by atoms with Crippen molar-refractivity contribution in [2.75, 3.05) is 30.4 Å². The van der Waals surface area contributed by atoms with E-state index >= 15 is 0 Å². The molecular weight excluding hydrogens is 277 g/mol. The zero-order chi connectivity index (χ0) is 13.5. The van der Waals surface area contributed by atoms with E-state index in [0.29, 0.717) is 21.7 Å². The van der Waals surface area contributed by atoms with E-state index in [4.69, 9.17) is 33.4 Å². The topological polar surface area (TPSA) is 77.4 Å². The molecule has 0 unspecified atom stereocenters. The van der Waals surface area contributed by atoms with Gasteiger partial charge in [0.25, 0.3) is 0 Å². The van der Waals surface area contributed by atoms with Crippen molar-refractivity contribution in [3.05, 3.63) is 16.1 Å². The van der Waals surface area contributed by atoms with Crippen LogP contribution in [0.25, 0.3) is 0 Å². The first kappa shape index (κ1) is 15.3. The summed E-state index contributed by atoms with van der Waals surface area (Å²) in [5, 5.41) is 24.7. The first-order valence-corrected chi connectivity index (χ1v) is 6.46. The Balaban J connectivity index is 2.89. The molecule has 0 aliphatic heterocycles. The quantitative estimate of drug-likeness (QED) is 0.618. The molecule has 4 N–H and O–H groups in total. The van der Waals surface area contributed by atoms with Crippen molar-refractivity contribution < 1.29 is 10.2 Å². The molecule has 0 saturated heterocycles. The number of pyridine rings is 1. The number of aliphatic hydroxyl groups excluding tert-OH is 2. The molecule has 1 rings (SSSR count). The van der Waals surface area contributed by atoms with E-state index in [1.165, 1.54) is 0 Å². The van der Waals surface area contributed by atoms with Gasteiger partial charge in [0.15, 0.2) is 0 Å². The minimum atomic E-state index is -0.504. The van der Waals surface area contributed by atoms with Gasteiger partial charge in [0.05, 0.1) is 29.3 Å². The Kier molecular flexibility index (Phi) is 6.49. The zero-order valence-corrected chi connectivity index (χ0v) is 11.6. The van der Waals surface area contributed by atoms with Crippen LogP contribution in [0.1, 0.15) is 13.3 Å². The summed E-state index contributed by atoms with van der Waals surface area (Å²) in [7, 11) is 0. The van der Waals surface area contributed by atoms with Crippen LogP contribution in [0.3, 0.4) is 0 Å². The van der Waals surface area contributed by atoms with Gasteiger partial charge in [-0.1, -0.05) is 30.1 Å². The molecule has 0 amide bonds. The molecule has 102 valence electrons. The Hall–Kier alpha value is -0.750. The molecule has 0 spiro atoms. The van der Waals surface area contributed by atoms with Crippen molar-refractivity contribution in [1.29, 1.82) is 0 Å². The normalized spacial score (nSPS) is 10.8. The number of rotatable bonds is 7. The molecule has 0 aromatic carbocycles. The van der Waals surface area contributed by atoms with Crippen molar-refractivity contribution in [2.24, 2.45) is 0 Å². The van der Waals surface area contributed by atoms with Crippen molar-refractivity contribution in [1.82, 2.24) is 4.98 Å². The highest BCUT2D eigenvalue weighted by atomic mass is 35.5. The fraction of sp³-hybridized carbons (Fsp3) is 0.545. The Labute approximate surface area is 116 Å². The molecule has 0 atom stereocenters. The van der Waals surface area contributed by atoms with Gasteiger partial charge in [0.1, 0.15) is 11.6 Å². The molecule has 1 heterocycles. The van der Waals surface area contributed by atoms with Crippen molar-refractivity contribution >= 4 is 34.8 Å². The van der Waals surface area contributed by atoms with Crippen LogP contribution in [0.2, 0.25) is 10.0 Å². The molecule has 5 nitrogen and oxygen atoms in total. The molecule has 18 heavy (non-hydrogen) atoms. The van der Waals surface area contributed by atoms with Gasteiger partial charge in [0.2, 0.25) is 0 Å². The number of halogens is 2. The first-order valence-electron chi connectivity index (χ1n) is 5.70. The maximum absolute atomic E-state index is 9.01. The summed E-state index contributed by atoms with van der Waals surface area (Å²) in [5.41, 5.74) is 0. The van der Waals surface area contributed by atoms with Gasteiger partial charge >= 0.3 is 0 Å². The Morgan fingerprint density at radius 1 is 1.22 bits per heavy atom. The second-order valence-electron chi connectivity index (χ2n) is 3.78. The fourth-order valence-electron chi connectivity index (χ4n) is 1.28. The van der Waals surface area contributed by atoms with E-state index in [0.717, 1.165) is 13.0 Å². The van der Waals surface area contributed by atoms with Crippen LogP contribution in [-0.2, 0) is 0 Å². The second kappa shape index (κ2) is 7.63. The number of hydrogen-bond acceptors (Lipinski definition) is 5. The van der Waals surface area contributed by atoms with Crippen LogP contribution in [0, 0.1) is 0 Å². The van der Waals surface area contributed by atoms with E-state index in [1.54, 1.807) is 6.07 Å². The van der Waals surface area contributed by atoms with Crippen molar-refractivity contribution in [3.8, 4) is 0 Å². The second-order valence-corrected chi connectivity index (χ2v) is 4.60. The lowest BCUT2D eigenvalue weighted by Gasteiger charge is -2.16. The number of aromatic nitrogens is 1. The third-order valence-corrected chi connectivity index (χ3v) is 2.83. The maximum atomic E-state index is 9.01. The average molecular weight is 294 g/mol. The van der Waals surface area contributed by atoms with Gasteiger partial charge in [-0.25, -0.2) is 4.98 Å². The summed E-state index contributed by atoms with van der Waals surface area (Å²) >= 11 is 12.0. The Morgan fingerprint density at radius 2 is 1.83 bits per heavy atom. The minimum absolute atomic E-state index is 0.213. The standard InChI is InChI=1S/C11H17Cl2N3O2/c1-2-3-14-10-8(12)4-9(13)11(16-10)15-7(5-17)6-18/h4,7,17-18H,2-3,5-6H2,1H3,(H2,14,15,16). The van der Waals surface area contributed by atoms with E-state index in [1.807, 2.05) is 6.92 Å². The van der Waals surface area contributed by atoms with Gasteiger partial charge < -0.3 is 20.8 Å². The molecular formula is C11H17Cl2N3O2. The Morgan fingerprint density at radius 3 is 2.39 bits per heavy atom. The molecule has 0 aliphatic rings. The molecule has 1 aromatic rings. The summed E-state index contributed by atoms with van der Waals surface area (Å²) in [4.78, 5) is 4.24. The van der Waals surface area contributed by atoms with Crippen LogP contribution < -0.4 is 10.6 Å². The van der Waals surface area contributed by atoms with Crippen LogP contribution in [0.5, 0.6) is 0 Å². The predicted octanol–water partition coefficient (Wildman–Crippen LogP) is 1.98. The smallest absolute Gasteiger partial charge is 0.147 e. The summed E-state index contributed by atoms with van der Waals surface area (Å²) in [6.07, 6.45) is 0.944. The van der Waals surface area contributed by atoms with Gasteiger partial charge in [-0.15, -0.1) is 0 Å². The molecule has 0 radical (unpaired) electrons. The molecule has 0 fully saturated rings. The van der Waals surface area contributed by atoms with Gasteiger partial charge in [-0.3, -0.25) is 0 Å². The number of anilines is 2. The van der Waals surface area contributed by atoms with Crippen LogP contribution >= 0.6 is 23.2 Å². The van der Waals surface area contributed by atoms with Crippen LogP contribution in [-0.4, -0.2) is 41.0 Å². The SMILES string of the molecule is CCCNc1nc(NC(CO)CO)c(Cl)cc1Cl. The number of hydrogen-bond donors (Lipinski definition) is 4. The molecule has 7 heteroatoms. The average Bonchev–Trinajstić information content (AvgIpc) is 2.36. The van der Waals surface area contributed by atoms with Gasteiger partial charge in [-0.2, -0.15) is 0 Å². The highest BCUT2D eigenvalue weighted by Crippen LogP contribution is 2.29. The minimum Gasteiger partial charge on any atom is -0.394 e. The largest absolute Gasteiger partial charge is 0.394 e. The summed E-state index contributed by atoms with van der Waals surface area (Å²) < 4.78 is 0. The van der Waals surface area contributed by atoms with Crippen LogP contribution in [0.4, 0.5) is 11.6 Å². The molecule has 0 saturated carbocycles. The Bertz CT molecular complexity index is 387.